The lowest BCUT2D eigenvalue weighted by Crippen LogP contribution is -2.37. The van der Waals surface area contributed by atoms with Crippen molar-refractivity contribution in [3.8, 4) is 0 Å². The van der Waals surface area contributed by atoms with E-state index >= 15 is 0 Å². The summed E-state index contributed by atoms with van der Waals surface area (Å²) in [6, 6.07) is -0.291. The maximum Gasteiger partial charge on any atom is 0.255 e. The van der Waals surface area contributed by atoms with Crippen LogP contribution in [0.5, 0.6) is 0 Å². The van der Waals surface area contributed by atoms with Gasteiger partial charge >= 0.3 is 0 Å². The number of primary amides is 1. The van der Waals surface area contributed by atoms with Crippen LogP contribution in [0.2, 0.25) is 0 Å². The summed E-state index contributed by atoms with van der Waals surface area (Å²) in [6.45, 7) is 4.45. The Balaban J connectivity index is 2.37. The van der Waals surface area contributed by atoms with E-state index < -0.39 is 5.91 Å². The molecule has 1 aliphatic rings. The topological polar surface area (TPSA) is 123 Å². The highest BCUT2D eigenvalue weighted by Gasteiger charge is 2.37. The summed E-state index contributed by atoms with van der Waals surface area (Å²) in [5.41, 5.74) is 5.66. The Morgan fingerprint density at radius 3 is 2.88 bits per heavy atom. The van der Waals surface area contributed by atoms with Crippen LogP contribution in [-0.4, -0.2) is 71.1 Å². The van der Waals surface area contributed by atoms with Crippen molar-refractivity contribution in [3.05, 3.63) is 22.8 Å². The van der Waals surface area contributed by atoms with E-state index in [0.29, 0.717) is 30.0 Å². The number of rotatable bonds is 8. The van der Waals surface area contributed by atoms with Crippen LogP contribution >= 0.6 is 15.9 Å². The fraction of sp³-hybridized carbons (Fsp3) is 0.533. The summed E-state index contributed by atoms with van der Waals surface area (Å²) in [5.74, 6) is -0.401. The van der Waals surface area contributed by atoms with Gasteiger partial charge in [-0.15, -0.1) is 0 Å². The molecule has 0 radical (unpaired) electrons. The minimum atomic E-state index is -0.635. The lowest BCUT2D eigenvalue weighted by atomic mass is 10.2. The van der Waals surface area contributed by atoms with E-state index in [-0.39, 0.29) is 36.7 Å². The van der Waals surface area contributed by atoms with Crippen molar-refractivity contribution in [1.29, 1.82) is 0 Å². The molecule has 1 saturated heterocycles. The standard InChI is InChI=1S/C15H22BrN5O4/c1-3-11(23)20-7-9(6-10(20)8-25-2)21-15(18-4-5-22)12(14(17)24)13(16)19-21/h3,9-10,18,22H,1,4-8H2,2H3,(H2,17,24)/t9-,10+/m0/s1. The van der Waals surface area contributed by atoms with Crippen molar-refractivity contribution in [3.63, 3.8) is 0 Å². The summed E-state index contributed by atoms with van der Waals surface area (Å²) in [5, 5.41) is 16.4. The summed E-state index contributed by atoms with van der Waals surface area (Å²) < 4.78 is 7.16. The predicted octanol–water partition coefficient (Wildman–Crippen LogP) is 0.123. The summed E-state index contributed by atoms with van der Waals surface area (Å²) in [4.78, 5) is 25.5. The third-order valence-corrected chi connectivity index (χ3v) is 4.63. The van der Waals surface area contributed by atoms with E-state index in [4.69, 9.17) is 15.6 Å². The Morgan fingerprint density at radius 2 is 2.32 bits per heavy atom. The highest BCUT2D eigenvalue weighted by Crippen LogP contribution is 2.34. The molecule has 0 unspecified atom stereocenters. The van der Waals surface area contributed by atoms with Crippen LogP contribution in [0.25, 0.3) is 0 Å². The van der Waals surface area contributed by atoms with Crippen molar-refractivity contribution in [2.45, 2.75) is 18.5 Å². The van der Waals surface area contributed by atoms with E-state index in [9.17, 15) is 9.59 Å². The van der Waals surface area contributed by atoms with Gasteiger partial charge in [0.25, 0.3) is 5.91 Å². The molecule has 10 heteroatoms. The molecular formula is C15H22BrN5O4. The number of aromatic nitrogens is 2. The van der Waals surface area contributed by atoms with E-state index in [1.165, 1.54) is 6.08 Å². The van der Waals surface area contributed by atoms with Gasteiger partial charge < -0.3 is 25.8 Å². The minimum Gasteiger partial charge on any atom is -0.395 e. The van der Waals surface area contributed by atoms with Crippen LogP contribution in [0.4, 0.5) is 5.82 Å². The van der Waals surface area contributed by atoms with Gasteiger partial charge in [0.2, 0.25) is 5.91 Å². The van der Waals surface area contributed by atoms with Crippen LogP contribution in [0.1, 0.15) is 22.8 Å². The number of halogens is 1. The number of hydrogen-bond acceptors (Lipinski definition) is 6. The van der Waals surface area contributed by atoms with Gasteiger partial charge in [0, 0.05) is 20.2 Å². The molecule has 2 amide bonds. The second kappa shape index (κ2) is 8.45. The third kappa shape index (κ3) is 4.02. The lowest BCUT2D eigenvalue weighted by Gasteiger charge is -2.22. The Labute approximate surface area is 153 Å². The Hall–Kier alpha value is -1.91. The molecule has 138 valence electrons. The molecule has 1 aliphatic heterocycles. The first-order chi connectivity index (χ1) is 11.9. The van der Waals surface area contributed by atoms with Crippen LogP contribution in [0.15, 0.2) is 17.3 Å². The summed E-state index contributed by atoms with van der Waals surface area (Å²) >= 11 is 3.25. The average Bonchev–Trinajstić information content (AvgIpc) is 3.13. The number of carbonyl (C=O) groups is 2. The molecule has 0 bridgehead atoms. The van der Waals surface area contributed by atoms with Crippen LogP contribution in [0.3, 0.4) is 0 Å². The Kier molecular flexibility index (Phi) is 6.57. The molecule has 0 aromatic carbocycles. The molecule has 0 aliphatic carbocycles. The fourth-order valence-corrected chi connectivity index (χ4v) is 3.59. The van der Waals surface area contributed by atoms with Gasteiger partial charge in [-0.3, -0.25) is 9.59 Å². The molecule has 1 aromatic rings. The van der Waals surface area contributed by atoms with Gasteiger partial charge in [-0.05, 0) is 28.4 Å². The van der Waals surface area contributed by atoms with Crippen LogP contribution in [-0.2, 0) is 9.53 Å². The number of nitrogens with two attached hydrogens (primary N) is 1. The first-order valence-electron chi connectivity index (χ1n) is 7.79. The Bertz CT molecular complexity index is 663. The van der Waals surface area contributed by atoms with Crippen molar-refractivity contribution < 1.29 is 19.4 Å². The number of aliphatic hydroxyl groups excluding tert-OH is 1. The van der Waals surface area contributed by atoms with Gasteiger partial charge in [0.1, 0.15) is 16.0 Å². The maximum atomic E-state index is 12.1. The molecule has 0 spiro atoms. The number of carbonyl (C=O) groups excluding carboxylic acids is 2. The summed E-state index contributed by atoms with van der Waals surface area (Å²) in [7, 11) is 1.58. The highest BCUT2D eigenvalue weighted by molar-refractivity contribution is 9.10. The van der Waals surface area contributed by atoms with Crippen LogP contribution < -0.4 is 11.1 Å². The van der Waals surface area contributed by atoms with Gasteiger partial charge in [0.05, 0.1) is 25.3 Å². The smallest absolute Gasteiger partial charge is 0.255 e. The van der Waals surface area contributed by atoms with Gasteiger partial charge in [-0.25, -0.2) is 4.68 Å². The number of likely N-dealkylation sites (tertiary alicyclic amines) is 1. The molecule has 0 saturated carbocycles. The van der Waals surface area contributed by atoms with Crippen molar-refractivity contribution in [2.75, 3.05) is 38.7 Å². The SMILES string of the molecule is C=CC(=O)N1C[C@@H](n2nc(Br)c(C(N)=O)c2NCCO)C[C@@H]1COC. The predicted molar refractivity (Wildman–Crippen MR) is 95.2 cm³/mol. The summed E-state index contributed by atoms with van der Waals surface area (Å²) in [6.07, 6.45) is 1.87. The maximum absolute atomic E-state index is 12.1. The number of hydrogen-bond donors (Lipinski definition) is 3. The van der Waals surface area contributed by atoms with E-state index in [1.54, 1.807) is 16.7 Å². The molecule has 2 heterocycles. The second-order valence-electron chi connectivity index (χ2n) is 5.67. The fourth-order valence-electron chi connectivity index (χ4n) is 3.04. The largest absolute Gasteiger partial charge is 0.395 e. The molecule has 2 rings (SSSR count). The molecule has 4 N–H and O–H groups in total. The molecule has 1 aromatic heterocycles. The van der Waals surface area contributed by atoms with Crippen molar-refractivity contribution >= 4 is 33.6 Å². The van der Waals surface area contributed by atoms with Crippen molar-refractivity contribution in [2.24, 2.45) is 5.73 Å². The number of nitrogens with one attached hydrogen (secondary N) is 1. The molecule has 25 heavy (non-hydrogen) atoms. The first-order valence-corrected chi connectivity index (χ1v) is 8.58. The second-order valence-corrected chi connectivity index (χ2v) is 6.42. The minimum absolute atomic E-state index is 0.112. The van der Waals surface area contributed by atoms with E-state index in [1.807, 2.05) is 0 Å². The molecular weight excluding hydrogens is 394 g/mol. The van der Waals surface area contributed by atoms with E-state index in [0.717, 1.165) is 0 Å². The lowest BCUT2D eigenvalue weighted by molar-refractivity contribution is -0.127. The number of ether oxygens (including phenoxy) is 1. The first kappa shape index (κ1) is 19.4. The van der Waals surface area contributed by atoms with Crippen LogP contribution in [0, 0.1) is 0 Å². The number of nitrogens with zero attached hydrogens (tertiary/aromatic N) is 3. The van der Waals surface area contributed by atoms with Gasteiger partial charge in [-0.1, -0.05) is 6.58 Å². The Morgan fingerprint density at radius 1 is 1.60 bits per heavy atom. The molecule has 9 nitrogen and oxygen atoms in total. The number of anilines is 1. The monoisotopic (exact) mass is 415 g/mol. The quantitative estimate of drug-likeness (QED) is 0.518. The zero-order valence-electron chi connectivity index (χ0n) is 13.9. The third-order valence-electron chi connectivity index (χ3n) is 4.07. The number of amides is 2. The number of methoxy groups -OCH3 is 1. The average molecular weight is 416 g/mol. The van der Waals surface area contributed by atoms with Gasteiger partial charge in [-0.2, -0.15) is 5.10 Å². The zero-order valence-corrected chi connectivity index (χ0v) is 15.5. The normalized spacial score (nSPS) is 19.9. The number of aliphatic hydroxyl groups is 1. The van der Waals surface area contributed by atoms with E-state index in [2.05, 4.69) is 32.9 Å². The van der Waals surface area contributed by atoms with Crippen molar-refractivity contribution in [1.82, 2.24) is 14.7 Å². The molecule has 2 atom stereocenters. The van der Waals surface area contributed by atoms with Gasteiger partial charge in [0.15, 0.2) is 0 Å². The highest BCUT2D eigenvalue weighted by atomic mass is 79.9. The zero-order chi connectivity index (χ0) is 18.6. The molecule has 1 fully saturated rings.